The fourth-order valence-electron chi connectivity index (χ4n) is 4.79. The second-order valence-electron chi connectivity index (χ2n) is 10.4. The summed E-state index contributed by atoms with van der Waals surface area (Å²) in [5.41, 5.74) is 3.28. The Morgan fingerprint density at radius 2 is 1.78 bits per heavy atom. The highest BCUT2D eigenvalue weighted by Crippen LogP contribution is 2.29. The normalized spacial score (nSPS) is 14.2. The van der Waals surface area contributed by atoms with Gasteiger partial charge in [0.05, 0.1) is 31.0 Å². The molecule has 0 radical (unpaired) electrons. The number of rotatable bonds is 9. The number of likely N-dealkylation sites (N-methyl/N-ethyl adjacent to an activating group) is 1. The Hall–Kier alpha value is -4.92. The fourth-order valence-corrected chi connectivity index (χ4v) is 5.20. The van der Waals surface area contributed by atoms with Crippen molar-refractivity contribution in [2.45, 2.75) is 12.5 Å². The van der Waals surface area contributed by atoms with Gasteiger partial charge in [0.25, 0.3) is 0 Å². The zero-order valence-corrected chi connectivity index (χ0v) is 26.4. The first-order valence-electron chi connectivity index (χ1n) is 14.2. The Bertz CT molecular complexity index is 1730. The lowest BCUT2D eigenvalue weighted by molar-refractivity contribution is -0.133. The number of methoxy groups -OCH3 is 1. The number of carbonyl (C=O) groups is 3. The maximum atomic E-state index is 13.5. The van der Waals surface area contributed by atoms with Crippen LogP contribution >= 0.6 is 23.2 Å². The van der Waals surface area contributed by atoms with Crippen LogP contribution in [0.3, 0.4) is 0 Å². The zero-order chi connectivity index (χ0) is 32.6. The molecule has 16 heteroatoms. The average Bonchev–Trinajstić information content (AvgIpc) is 3.59. The molecule has 0 bridgehead atoms. The summed E-state index contributed by atoms with van der Waals surface area (Å²) in [7, 11) is 3.28. The number of anilines is 1. The molecule has 2 N–H and O–H groups in total. The first-order chi connectivity index (χ1) is 22.2. The van der Waals surface area contributed by atoms with Gasteiger partial charge in [0.1, 0.15) is 6.33 Å². The first kappa shape index (κ1) is 32.5. The summed E-state index contributed by atoms with van der Waals surface area (Å²) in [5.74, 6) is -0.614. The Morgan fingerprint density at radius 1 is 1.02 bits per heavy atom. The van der Waals surface area contributed by atoms with Gasteiger partial charge in [-0.15, -0.1) is 15.3 Å². The van der Waals surface area contributed by atoms with Gasteiger partial charge in [0.2, 0.25) is 11.8 Å². The van der Waals surface area contributed by atoms with Gasteiger partial charge >= 0.3 is 6.09 Å². The summed E-state index contributed by atoms with van der Waals surface area (Å²) in [6, 6.07) is 12.8. The third-order valence-electron chi connectivity index (χ3n) is 7.31. The molecule has 14 nitrogen and oxygen atoms in total. The van der Waals surface area contributed by atoms with Crippen LogP contribution in [0.4, 0.5) is 10.5 Å². The van der Waals surface area contributed by atoms with Crippen molar-refractivity contribution >= 4 is 52.9 Å². The standard InChI is InChI=1S/C30H30Cl2N10O4/c1-40-11-13-41(14-12-40)28(44)17-25(35-27(43)10-5-20-15-21(31)6-9-26(20)42-18-33-38-39-42)23-16-24(36-37-29(23)32)19-3-7-22(8-4-19)34-30(45)46-2/h3-10,15-16,18,25H,11-14,17H2,1-2H3,(H,34,45)(H,35,43). The summed E-state index contributed by atoms with van der Waals surface area (Å²) in [5, 5.41) is 25.6. The molecule has 1 aliphatic heterocycles. The molecule has 2 aromatic heterocycles. The van der Waals surface area contributed by atoms with Gasteiger partial charge in [-0.05, 0) is 59.9 Å². The summed E-state index contributed by atoms with van der Waals surface area (Å²) in [6.07, 6.45) is 3.70. The molecule has 3 heterocycles. The van der Waals surface area contributed by atoms with Crippen LogP contribution in [0.15, 0.2) is 60.9 Å². The van der Waals surface area contributed by atoms with Crippen LogP contribution in [0.25, 0.3) is 23.0 Å². The van der Waals surface area contributed by atoms with Crippen LogP contribution in [0.5, 0.6) is 0 Å². The van der Waals surface area contributed by atoms with E-state index in [1.165, 1.54) is 24.2 Å². The average molecular weight is 666 g/mol. The molecule has 1 saturated heterocycles. The minimum atomic E-state index is -0.829. The van der Waals surface area contributed by atoms with Crippen LogP contribution in [-0.2, 0) is 14.3 Å². The maximum absolute atomic E-state index is 13.5. The zero-order valence-electron chi connectivity index (χ0n) is 24.9. The molecule has 2 aromatic carbocycles. The summed E-state index contributed by atoms with van der Waals surface area (Å²) >= 11 is 12.8. The number of halogens is 2. The molecule has 1 atom stereocenters. The predicted octanol–water partition coefficient (Wildman–Crippen LogP) is 3.64. The molecule has 1 fully saturated rings. The van der Waals surface area contributed by atoms with Crippen molar-refractivity contribution in [1.29, 1.82) is 0 Å². The molecule has 5 rings (SSSR count). The van der Waals surface area contributed by atoms with E-state index in [0.717, 1.165) is 13.1 Å². The summed E-state index contributed by atoms with van der Waals surface area (Å²) in [6.45, 7) is 2.64. The molecule has 1 unspecified atom stereocenters. The second-order valence-corrected chi connectivity index (χ2v) is 11.2. The molecule has 0 saturated carbocycles. The Morgan fingerprint density at radius 3 is 2.48 bits per heavy atom. The van der Waals surface area contributed by atoms with E-state index >= 15 is 0 Å². The van der Waals surface area contributed by atoms with E-state index in [2.05, 4.69) is 46.0 Å². The number of ether oxygens (including phenoxy) is 1. The number of piperazine rings is 1. The van der Waals surface area contributed by atoms with Crippen molar-refractivity contribution in [3.05, 3.63) is 82.2 Å². The van der Waals surface area contributed by atoms with E-state index in [9.17, 15) is 14.4 Å². The van der Waals surface area contributed by atoms with E-state index in [-0.39, 0.29) is 17.5 Å². The number of benzene rings is 2. The highest BCUT2D eigenvalue weighted by molar-refractivity contribution is 6.31. The molecule has 4 aromatic rings. The van der Waals surface area contributed by atoms with Crippen molar-refractivity contribution < 1.29 is 19.1 Å². The molecule has 0 spiro atoms. The number of hydrogen-bond donors (Lipinski definition) is 2. The van der Waals surface area contributed by atoms with Gasteiger partial charge in [-0.3, -0.25) is 14.9 Å². The molecule has 1 aliphatic rings. The molecule has 0 aliphatic carbocycles. The van der Waals surface area contributed by atoms with Crippen LogP contribution in [0, 0.1) is 0 Å². The van der Waals surface area contributed by atoms with E-state index in [4.69, 9.17) is 23.2 Å². The Labute approximate surface area is 274 Å². The van der Waals surface area contributed by atoms with Gasteiger partial charge in [-0.25, -0.2) is 4.79 Å². The predicted molar refractivity (Wildman–Crippen MR) is 171 cm³/mol. The van der Waals surface area contributed by atoms with Crippen molar-refractivity contribution in [3.8, 4) is 16.9 Å². The van der Waals surface area contributed by atoms with Crippen molar-refractivity contribution in [3.63, 3.8) is 0 Å². The number of carbonyl (C=O) groups excluding carboxylic acids is 3. The van der Waals surface area contributed by atoms with Gasteiger partial charge in [0.15, 0.2) is 5.15 Å². The van der Waals surface area contributed by atoms with Crippen LogP contribution in [-0.4, -0.2) is 98.4 Å². The van der Waals surface area contributed by atoms with Crippen molar-refractivity contribution in [2.24, 2.45) is 0 Å². The minimum absolute atomic E-state index is 0.0454. The van der Waals surface area contributed by atoms with E-state index in [0.29, 0.717) is 51.9 Å². The molecular weight excluding hydrogens is 635 g/mol. The van der Waals surface area contributed by atoms with Gasteiger partial charge in [0, 0.05) is 59.7 Å². The van der Waals surface area contributed by atoms with E-state index < -0.39 is 18.0 Å². The highest BCUT2D eigenvalue weighted by atomic mass is 35.5. The molecule has 46 heavy (non-hydrogen) atoms. The van der Waals surface area contributed by atoms with Crippen LogP contribution < -0.4 is 10.6 Å². The monoisotopic (exact) mass is 664 g/mol. The molecule has 238 valence electrons. The SMILES string of the molecule is COC(=O)Nc1ccc(-c2cc(C(CC(=O)N3CCN(C)CC3)NC(=O)C=Cc3cc(Cl)ccc3-n3cnnn3)c(Cl)nn2)cc1. The van der Waals surface area contributed by atoms with E-state index in [1.54, 1.807) is 59.5 Å². The first-order valence-corrected chi connectivity index (χ1v) is 14.9. The fraction of sp³-hybridized carbons (Fsp3) is 0.267. The molecular formula is C30H30Cl2N10O4. The number of nitrogens with zero attached hydrogens (tertiary/aromatic N) is 8. The molecule has 3 amide bonds. The number of hydrogen-bond acceptors (Lipinski definition) is 10. The highest BCUT2D eigenvalue weighted by Gasteiger charge is 2.26. The lowest BCUT2D eigenvalue weighted by atomic mass is 10.0. The smallest absolute Gasteiger partial charge is 0.411 e. The second kappa shape index (κ2) is 14.9. The van der Waals surface area contributed by atoms with Gasteiger partial charge in [-0.1, -0.05) is 35.3 Å². The van der Waals surface area contributed by atoms with Crippen molar-refractivity contribution in [2.75, 3.05) is 45.7 Å². The largest absolute Gasteiger partial charge is 0.453 e. The lowest BCUT2D eigenvalue weighted by Gasteiger charge is -2.33. The summed E-state index contributed by atoms with van der Waals surface area (Å²) < 4.78 is 6.08. The maximum Gasteiger partial charge on any atom is 0.411 e. The number of nitrogens with one attached hydrogen (secondary N) is 2. The topological polar surface area (TPSA) is 160 Å². The number of amides is 3. The third kappa shape index (κ3) is 8.21. The van der Waals surface area contributed by atoms with E-state index in [1.807, 2.05) is 7.05 Å². The third-order valence-corrected chi connectivity index (χ3v) is 7.84. The Kier molecular flexibility index (Phi) is 10.5. The van der Waals surface area contributed by atoms with Crippen molar-refractivity contribution in [1.82, 2.24) is 45.5 Å². The quantitative estimate of drug-likeness (QED) is 0.253. The Balaban J connectivity index is 1.41. The van der Waals surface area contributed by atoms with Crippen LogP contribution in [0.1, 0.15) is 23.6 Å². The van der Waals surface area contributed by atoms with Gasteiger partial charge < -0.3 is 19.9 Å². The summed E-state index contributed by atoms with van der Waals surface area (Å²) in [4.78, 5) is 42.3. The minimum Gasteiger partial charge on any atom is -0.453 e. The lowest BCUT2D eigenvalue weighted by Crippen LogP contribution is -2.48. The number of tetrazole rings is 1. The van der Waals surface area contributed by atoms with Crippen LogP contribution in [0.2, 0.25) is 10.2 Å². The number of aromatic nitrogens is 6. The van der Waals surface area contributed by atoms with Gasteiger partial charge in [-0.2, -0.15) is 4.68 Å².